The van der Waals surface area contributed by atoms with Crippen LogP contribution in [0.1, 0.15) is 69.2 Å². The van der Waals surface area contributed by atoms with E-state index in [1.807, 2.05) is 31.2 Å². The van der Waals surface area contributed by atoms with Gasteiger partial charge in [0.15, 0.2) is 0 Å². The third-order valence-electron chi connectivity index (χ3n) is 6.67. The highest BCUT2D eigenvalue weighted by atomic mass is 35.5. The number of amides is 1. The number of aromatic nitrogens is 1. The fourth-order valence-electron chi connectivity index (χ4n) is 4.86. The molecule has 1 aromatic carbocycles. The van der Waals surface area contributed by atoms with E-state index in [2.05, 4.69) is 10.2 Å². The molecule has 168 valence electrons. The third-order valence-corrected chi connectivity index (χ3v) is 6.90. The number of nitrogens with zero attached hydrogens (tertiary/aromatic N) is 2. The summed E-state index contributed by atoms with van der Waals surface area (Å²) in [5.41, 5.74) is 1.83. The number of likely N-dealkylation sites (tertiary alicyclic amines) is 1. The maximum atomic E-state index is 13.0. The highest BCUT2D eigenvalue weighted by molar-refractivity contribution is 6.30. The number of oxazole rings is 1. The molecule has 2 aromatic rings. The lowest BCUT2D eigenvalue weighted by Gasteiger charge is -2.32. The van der Waals surface area contributed by atoms with Gasteiger partial charge in [0.1, 0.15) is 5.76 Å². The highest BCUT2D eigenvalue weighted by Crippen LogP contribution is 2.26. The SMILES string of the molecule is Cc1oc(-c2cccc(Cl)c2)nc1CN1CCC[C@H](C(=O)NC2CCCCCCC2)C1. The van der Waals surface area contributed by atoms with Crippen LogP contribution in [0.2, 0.25) is 5.02 Å². The monoisotopic (exact) mass is 443 g/mol. The van der Waals surface area contributed by atoms with E-state index in [0.29, 0.717) is 23.5 Å². The lowest BCUT2D eigenvalue weighted by molar-refractivity contribution is -0.127. The van der Waals surface area contributed by atoms with Crippen LogP contribution in [-0.2, 0) is 11.3 Å². The second-order valence-electron chi connectivity index (χ2n) is 9.16. The second kappa shape index (κ2) is 10.6. The van der Waals surface area contributed by atoms with Crippen molar-refractivity contribution in [2.24, 2.45) is 5.92 Å². The largest absolute Gasteiger partial charge is 0.441 e. The van der Waals surface area contributed by atoms with Crippen molar-refractivity contribution in [1.82, 2.24) is 15.2 Å². The molecule has 1 aromatic heterocycles. The molecule has 2 fully saturated rings. The summed E-state index contributed by atoms with van der Waals surface area (Å²) in [6.45, 7) is 4.45. The lowest BCUT2D eigenvalue weighted by atomic mass is 9.94. The van der Waals surface area contributed by atoms with E-state index in [0.717, 1.165) is 55.8 Å². The molecule has 1 N–H and O–H groups in total. The van der Waals surface area contributed by atoms with Crippen molar-refractivity contribution in [3.8, 4) is 11.5 Å². The second-order valence-corrected chi connectivity index (χ2v) is 9.59. The minimum atomic E-state index is 0.0683. The number of halogens is 1. The van der Waals surface area contributed by atoms with Crippen LogP contribution in [0, 0.1) is 12.8 Å². The third kappa shape index (κ3) is 6.11. The summed E-state index contributed by atoms with van der Waals surface area (Å²) in [6.07, 6.45) is 10.7. The number of carbonyl (C=O) groups is 1. The van der Waals surface area contributed by atoms with E-state index in [-0.39, 0.29) is 11.8 Å². The average molecular weight is 444 g/mol. The first-order chi connectivity index (χ1) is 15.1. The average Bonchev–Trinajstić information content (AvgIpc) is 3.10. The molecule has 1 aliphatic heterocycles. The van der Waals surface area contributed by atoms with Crippen LogP contribution in [0.25, 0.3) is 11.5 Å². The van der Waals surface area contributed by atoms with Crippen molar-refractivity contribution in [2.75, 3.05) is 13.1 Å². The molecular formula is C25H34ClN3O2. The van der Waals surface area contributed by atoms with Gasteiger partial charge in [0.2, 0.25) is 11.8 Å². The van der Waals surface area contributed by atoms with E-state index in [1.54, 1.807) is 0 Å². The van der Waals surface area contributed by atoms with E-state index in [1.165, 1.54) is 32.1 Å². The predicted molar refractivity (Wildman–Crippen MR) is 124 cm³/mol. The Morgan fingerprint density at radius 3 is 2.71 bits per heavy atom. The number of piperidine rings is 1. The molecule has 1 amide bonds. The fraction of sp³-hybridized carbons (Fsp3) is 0.600. The summed E-state index contributed by atoms with van der Waals surface area (Å²) in [5.74, 6) is 1.74. The van der Waals surface area contributed by atoms with Crippen molar-refractivity contribution >= 4 is 17.5 Å². The number of benzene rings is 1. The van der Waals surface area contributed by atoms with Gasteiger partial charge >= 0.3 is 0 Å². The number of rotatable bonds is 5. The zero-order chi connectivity index (χ0) is 21.6. The molecular weight excluding hydrogens is 410 g/mol. The molecule has 0 unspecified atom stereocenters. The van der Waals surface area contributed by atoms with Gasteiger partial charge in [-0.2, -0.15) is 0 Å². The fourth-order valence-corrected chi connectivity index (χ4v) is 5.05. The molecule has 2 aliphatic rings. The van der Waals surface area contributed by atoms with Gasteiger partial charge in [0.05, 0.1) is 11.6 Å². The number of hydrogen-bond acceptors (Lipinski definition) is 4. The Hall–Kier alpha value is -1.85. The normalized spacial score (nSPS) is 21.4. The van der Waals surface area contributed by atoms with E-state index in [4.69, 9.17) is 21.0 Å². The maximum Gasteiger partial charge on any atom is 0.226 e. The maximum absolute atomic E-state index is 13.0. The molecule has 5 nitrogen and oxygen atoms in total. The predicted octanol–water partition coefficient (Wildman–Crippen LogP) is 5.74. The topological polar surface area (TPSA) is 58.4 Å². The van der Waals surface area contributed by atoms with Crippen molar-refractivity contribution in [2.45, 2.75) is 77.3 Å². The van der Waals surface area contributed by atoms with E-state index < -0.39 is 0 Å². The molecule has 0 spiro atoms. The Labute approximate surface area is 190 Å². The molecule has 0 bridgehead atoms. The summed E-state index contributed by atoms with van der Waals surface area (Å²) >= 11 is 6.11. The summed E-state index contributed by atoms with van der Waals surface area (Å²) < 4.78 is 5.92. The van der Waals surface area contributed by atoms with E-state index in [9.17, 15) is 4.79 Å². The van der Waals surface area contributed by atoms with Crippen LogP contribution in [0.15, 0.2) is 28.7 Å². The lowest BCUT2D eigenvalue weighted by Crippen LogP contribution is -2.45. The van der Waals surface area contributed by atoms with Crippen molar-refractivity contribution in [1.29, 1.82) is 0 Å². The van der Waals surface area contributed by atoms with Crippen molar-refractivity contribution in [3.63, 3.8) is 0 Å². The first-order valence-electron chi connectivity index (χ1n) is 11.8. The Morgan fingerprint density at radius 2 is 1.94 bits per heavy atom. The molecule has 6 heteroatoms. The number of hydrogen-bond donors (Lipinski definition) is 1. The zero-order valence-electron chi connectivity index (χ0n) is 18.5. The molecule has 2 heterocycles. The van der Waals surface area contributed by atoms with Gasteiger partial charge in [-0.1, -0.05) is 49.8 Å². The molecule has 1 saturated carbocycles. The van der Waals surface area contributed by atoms with E-state index >= 15 is 0 Å². The van der Waals surface area contributed by atoms with Crippen LogP contribution in [0.5, 0.6) is 0 Å². The van der Waals surface area contributed by atoms with Crippen LogP contribution in [0.4, 0.5) is 0 Å². The summed E-state index contributed by atoms with van der Waals surface area (Å²) in [4.78, 5) is 20.0. The van der Waals surface area contributed by atoms with Crippen LogP contribution in [0.3, 0.4) is 0 Å². The highest BCUT2D eigenvalue weighted by Gasteiger charge is 2.28. The standard InChI is InChI=1S/C25H34ClN3O2/c1-18-23(28-25(31-18)19-9-7-11-21(26)15-19)17-29-14-8-10-20(16-29)24(30)27-22-12-5-3-2-4-6-13-22/h7,9,11,15,20,22H,2-6,8,10,12-14,16-17H2,1H3,(H,27,30)/t20-/m0/s1. The summed E-state index contributed by atoms with van der Waals surface area (Å²) in [5, 5.41) is 4.04. The zero-order valence-corrected chi connectivity index (χ0v) is 19.3. The summed E-state index contributed by atoms with van der Waals surface area (Å²) in [6, 6.07) is 7.93. The number of aryl methyl sites for hydroxylation is 1. The van der Waals surface area contributed by atoms with Gasteiger partial charge in [-0.15, -0.1) is 0 Å². The minimum Gasteiger partial charge on any atom is -0.441 e. The molecule has 1 atom stereocenters. The van der Waals surface area contributed by atoms with Gasteiger partial charge in [-0.05, 0) is 57.4 Å². The Balaban J connectivity index is 1.35. The molecule has 31 heavy (non-hydrogen) atoms. The quantitative estimate of drug-likeness (QED) is 0.639. The number of carbonyl (C=O) groups excluding carboxylic acids is 1. The first-order valence-corrected chi connectivity index (χ1v) is 12.2. The molecule has 1 saturated heterocycles. The van der Waals surface area contributed by atoms with Crippen LogP contribution in [-0.4, -0.2) is 34.9 Å². The smallest absolute Gasteiger partial charge is 0.226 e. The van der Waals surface area contributed by atoms with Crippen molar-refractivity contribution in [3.05, 3.63) is 40.7 Å². The van der Waals surface area contributed by atoms with Crippen LogP contribution < -0.4 is 5.32 Å². The molecule has 1 aliphatic carbocycles. The van der Waals surface area contributed by atoms with Gasteiger partial charge < -0.3 is 9.73 Å². The van der Waals surface area contributed by atoms with Crippen molar-refractivity contribution < 1.29 is 9.21 Å². The Kier molecular flexibility index (Phi) is 7.67. The van der Waals surface area contributed by atoms with Gasteiger partial charge in [0, 0.05) is 29.7 Å². The minimum absolute atomic E-state index is 0.0683. The molecule has 4 rings (SSSR count). The summed E-state index contributed by atoms with van der Waals surface area (Å²) in [7, 11) is 0. The van der Waals surface area contributed by atoms with Gasteiger partial charge in [-0.3, -0.25) is 9.69 Å². The molecule has 0 radical (unpaired) electrons. The first kappa shape index (κ1) is 22.3. The van der Waals surface area contributed by atoms with Crippen LogP contribution >= 0.6 is 11.6 Å². The Morgan fingerprint density at radius 1 is 1.16 bits per heavy atom. The Bertz CT molecular complexity index is 873. The van der Waals surface area contributed by atoms with Gasteiger partial charge in [-0.25, -0.2) is 4.98 Å². The van der Waals surface area contributed by atoms with Gasteiger partial charge in [0.25, 0.3) is 0 Å². The number of nitrogens with one attached hydrogen (secondary N) is 1.